The van der Waals surface area contributed by atoms with Crippen LogP contribution >= 0.6 is 15.9 Å². The molecule has 0 unspecified atom stereocenters. The number of nitrogens with zero attached hydrogens (tertiary/aromatic N) is 3. The Morgan fingerprint density at radius 2 is 2.13 bits per heavy atom. The van der Waals surface area contributed by atoms with E-state index in [2.05, 4.69) is 50.9 Å². The van der Waals surface area contributed by atoms with Crippen molar-refractivity contribution in [1.82, 2.24) is 14.7 Å². The van der Waals surface area contributed by atoms with Crippen molar-refractivity contribution in [3.05, 3.63) is 16.9 Å². The Hall–Kier alpha value is -0.350. The SMILES string of the molecule is CN(C)CC12CC(n3cc(Br)cn3)(C1)C2. The topological polar surface area (TPSA) is 21.1 Å². The minimum Gasteiger partial charge on any atom is -0.309 e. The molecule has 0 radical (unpaired) electrons. The molecule has 0 aromatic carbocycles. The van der Waals surface area contributed by atoms with Gasteiger partial charge in [-0.1, -0.05) is 0 Å². The van der Waals surface area contributed by atoms with E-state index in [-0.39, 0.29) is 0 Å². The molecule has 0 amide bonds. The highest BCUT2D eigenvalue weighted by Gasteiger charge is 2.69. The lowest BCUT2D eigenvalue weighted by Crippen LogP contribution is -2.70. The Balaban J connectivity index is 1.71. The highest BCUT2D eigenvalue weighted by Crippen LogP contribution is 2.71. The summed E-state index contributed by atoms with van der Waals surface area (Å²) >= 11 is 3.46. The highest BCUT2D eigenvalue weighted by atomic mass is 79.9. The van der Waals surface area contributed by atoms with Crippen molar-refractivity contribution >= 4 is 15.9 Å². The van der Waals surface area contributed by atoms with Crippen molar-refractivity contribution in [3.63, 3.8) is 0 Å². The van der Waals surface area contributed by atoms with Gasteiger partial charge in [-0.3, -0.25) is 4.68 Å². The average molecular weight is 270 g/mol. The van der Waals surface area contributed by atoms with Crippen molar-refractivity contribution in [2.45, 2.75) is 24.8 Å². The van der Waals surface area contributed by atoms with E-state index < -0.39 is 0 Å². The fourth-order valence-corrected chi connectivity index (χ4v) is 3.87. The normalized spacial score (nSPS) is 37.6. The summed E-state index contributed by atoms with van der Waals surface area (Å²) in [7, 11) is 4.33. The first kappa shape index (κ1) is 9.85. The monoisotopic (exact) mass is 269 g/mol. The summed E-state index contributed by atoms with van der Waals surface area (Å²) < 4.78 is 3.25. The summed E-state index contributed by atoms with van der Waals surface area (Å²) in [5.41, 5.74) is 0.990. The van der Waals surface area contributed by atoms with Crippen LogP contribution in [-0.4, -0.2) is 35.3 Å². The lowest BCUT2D eigenvalue weighted by atomic mass is 9.39. The van der Waals surface area contributed by atoms with Crippen LogP contribution in [0.3, 0.4) is 0 Å². The first-order chi connectivity index (χ1) is 7.04. The molecule has 4 rings (SSSR count). The second-order valence-electron chi connectivity index (χ2n) is 5.60. The molecule has 3 fully saturated rings. The Bertz CT molecular complexity index is 377. The van der Waals surface area contributed by atoms with E-state index in [0.717, 1.165) is 4.47 Å². The second-order valence-corrected chi connectivity index (χ2v) is 6.51. The molecular formula is C11H16BrN3. The molecule has 1 aromatic heterocycles. The molecule has 1 aromatic rings. The largest absolute Gasteiger partial charge is 0.309 e. The molecule has 2 bridgehead atoms. The van der Waals surface area contributed by atoms with Gasteiger partial charge < -0.3 is 4.90 Å². The smallest absolute Gasteiger partial charge is 0.0645 e. The summed E-state index contributed by atoms with van der Waals surface area (Å²) in [4.78, 5) is 2.31. The number of hydrogen-bond acceptors (Lipinski definition) is 2. The predicted octanol–water partition coefficient (Wildman–Crippen LogP) is 2.09. The van der Waals surface area contributed by atoms with Gasteiger partial charge in [0.05, 0.1) is 16.2 Å². The van der Waals surface area contributed by atoms with Gasteiger partial charge >= 0.3 is 0 Å². The summed E-state index contributed by atoms with van der Waals surface area (Å²) in [6.45, 7) is 1.23. The Morgan fingerprint density at radius 3 is 2.60 bits per heavy atom. The van der Waals surface area contributed by atoms with E-state index in [9.17, 15) is 0 Å². The molecule has 0 aliphatic heterocycles. The molecule has 0 atom stereocenters. The molecule has 3 saturated carbocycles. The number of halogens is 1. The fraction of sp³-hybridized carbons (Fsp3) is 0.727. The van der Waals surface area contributed by atoms with E-state index in [4.69, 9.17) is 0 Å². The summed E-state index contributed by atoms with van der Waals surface area (Å²) in [5, 5.41) is 4.41. The molecule has 3 nitrogen and oxygen atoms in total. The third kappa shape index (κ3) is 1.31. The van der Waals surface area contributed by atoms with Crippen LogP contribution in [0.5, 0.6) is 0 Å². The number of hydrogen-bond donors (Lipinski definition) is 0. The van der Waals surface area contributed by atoms with Gasteiger partial charge in [0.15, 0.2) is 0 Å². The first-order valence-corrected chi connectivity index (χ1v) is 6.18. The Kier molecular flexibility index (Phi) is 1.88. The Labute approximate surface area is 98.6 Å². The maximum atomic E-state index is 4.41. The van der Waals surface area contributed by atoms with Crippen LogP contribution in [0.4, 0.5) is 0 Å². The van der Waals surface area contributed by atoms with Gasteiger partial charge in [0, 0.05) is 12.7 Å². The van der Waals surface area contributed by atoms with Crippen molar-refractivity contribution < 1.29 is 0 Å². The molecule has 0 spiro atoms. The van der Waals surface area contributed by atoms with Crippen LogP contribution in [0, 0.1) is 5.41 Å². The first-order valence-electron chi connectivity index (χ1n) is 5.39. The second kappa shape index (κ2) is 2.86. The predicted molar refractivity (Wildman–Crippen MR) is 62.7 cm³/mol. The molecule has 82 valence electrons. The van der Waals surface area contributed by atoms with Gasteiger partial charge in [-0.05, 0) is 54.7 Å². The van der Waals surface area contributed by atoms with Crippen LogP contribution < -0.4 is 0 Å². The van der Waals surface area contributed by atoms with Crippen molar-refractivity contribution in [3.8, 4) is 0 Å². The van der Waals surface area contributed by atoms with E-state index in [1.807, 2.05) is 6.20 Å². The minimum atomic E-state index is 0.377. The lowest BCUT2D eigenvalue weighted by molar-refractivity contribution is -0.200. The third-order valence-corrected chi connectivity index (χ3v) is 4.21. The van der Waals surface area contributed by atoms with E-state index in [0.29, 0.717) is 11.0 Å². The van der Waals surface area contributed by atoms with Crippen LogP contribution in [0.15, 0.2) is 16.9 Å². The van der Waals surface area contributed by atoms with Crippen molar-refractivity contribution in [2.75, 3.05) is 20.6 Å². The maximum absolute atomic E-state index is 4.41. The van der Waals surface area contributed by atoms with E-state index >= 15 is 0 Å². The molecule has 1 heterocycles. The van der Waals surface area contributed by atoms with Crippen LogP contribution in [0.1, 0.15) is 19.3 Å². The van der Waals surface area contributed by atoms with Gasteiger partial charge in [0.25, 0.3) is 0 Å². The van der Waals surface area contributed by atoms with Gasteiger partial charge in [0.1, 0.15) is 0 Å². The minimum absolute atomic E-state index is 0.377. The lowest BCUT2D eigenvalue weighted by Gasteiger charge is -2.71. The van der Waals surface area contributed by atoms with Crippen LogP contribution in [0.2, 0.25) is 0 Å². The average Bonchev–Trinajstić information content (AvgIpc) is 2.40. The highest BCUT2D eigenvalue weighted by molar-refractivity contribution is 9.10. The molecule has 0 N–H and O–H groups in total. The van der Waals surface area contributed by atoms with E-state index in [1.54, 1.807) is 0 Å². The standard InChI is InChI=1S/C11H16BrN3/c1-14(2)8-10-5-11(6-10,7-10)15-4-9(12)3-13-15/h3-4H,5-8H2,1-2H3. The van der Waals surface area contributed by atoms with Gasteiger partial charge in [-0.25, -0.2) is 0 Å². The third-order valence-electron chi connectivity index (χ3n) is 3.80. The summed E-state index contributed by atoms with van der Waals surface area (Å²) in [5.74, 6) is 0. The molecule has 3 aliphatic carbocycles. The molecular weight excluding hydrogens is 254 g/mol. The zero-order valence-electron chi connectivity index (χ0n) is 9.20. The van der Waals surface area contributed by atoms with Crippen LogP contribution in [-0.2, 0) is 5.54 Å². The summed E-state index contributed by atoms with van der Waals surface area (Å²) in [6, 6.07) is 0. The number of aromatic nitrogens is 2. The van der Waals surface area contributed by atoms with Gasteiger partial charge in [-0.2, -0.15) is 5.10 Å². The quantitative estimate of drug-likeness (QED) is 0.838. The molecule has 0 saturated heterocycles. The van der Waals surface area contributed by atoms with Gasteiger partial charge in [-0.15, -0.1) is 0 Å². The summed E-state index contributed by atoms with van der Waals surface area (Å²) in [6.07, 6.45) is 7.93. The maximum Gasteiger partial charge on any atom is 0.0645 e. The zero-order valence-corrected chi connectivity index (χ0v) is 10.8. The molecule has 3 aliphatic rings. The van der Waals surface area contributed by atoms with Crippen molar-refractivity contribution in [2.24, 2.45) is 5.41 Å². The van der Waals surface area contributed by atoms with Gasteiger partial charge in [0.2, 0.25) is 0 Å². The van der Waals surface area contributed by atoms with Crippen molar-refractivity contribution in [1.29, 1.82) is 0 Å². The Morgan fingerprint density at radius 1 is 1.47 bits per heavy atom. The van der Waals surface area contributed by atoms with Crippen LogP contribution in [0.25, 0.3) is 0 Å². The zero-order chi connectivity index (χ0) is 10.7. The fourth-order valence-electron chi connectivity index (χ4n) is 3.58. The number of rotatable bonds is 3. The molecule has 15 heavy (non-hydrogen) atoms. The molecule has 4 heteroatoms. The van der Waals surface area contributed by atoms with E-state index in [1.165, 1.54) is 25.8 Å².